The number of amides is 1. The Bertz CT molecular complexity index is 380. The van der Waals surface area contributed by atoms with Crippen LogP contribution in [-0.2, 0) is 20.9 Å². The minimum atomic E-state index is -1.12. The van der Waals surface area contributed by atoms with Gasteiger partial charge >= 0.3 is 5.97 Å². The molecular formula is C11H14N2O4. The van der Waals surface area contributed by atoms with Gasteiger partial charge in [0.25, 0.3) is 0 Å². The lowest BCUT2D eigenvalue weighted by molar-refractivity contribution is -0.143. The third-order valence-corrected chi connectivity index (χ3v) is 1.94. The fraction of sp³-hybridized carbons (Fsp3) is 0.364. The Labute approximate surface area is 98.6 Å². The highest BCUT2D eigenvalue weighted by Crippen LogP contribution is 1.97. The number of carbonyl (C=O) groups excluding carboxylic acids is 1. The molecule has 2 N–H and O–H groups in total. The second kappa shape index (κ2) is 6.59. The van der Waals surface area contributed by atoms with E-state index in [2.05, 4.69) is 10.3 Å². The van der Waals surface area contributed by atoms with Crippen molar-refractivity contribution in [3.05, 3.63) is 30.1 Å². The first-order chi connectivity index (χ1) is 8.09. The van der Waals surface area contributed by atoms with E-state index in [1.165, 1.54) is 6.92 Å². The Morgan fingerprint density at radius 3 is 2.82 bits per heavy atom. The van der Waals surface area contributed by atoms with Gasteiger partial charge in [-0.25, -0.2) is 4.79 Å². The third-order valence-electron chi connectivity index (χ3n) is 1.94. The summed E-state index contributed by atoms with van der Waals surface area (Å²) in [5.74, 6) is -1.53. The molecule has 0 radical (unpaired) electrons. The maximum atomic E-state index is 10.8. The molecule has 0 fully saturated rings. The number of aromatic nitrogens is 1. The molecule has 0 saturated carbocycles. The molecule has 1 rings (SSSR count). The predicted molar refractivity (Wildman–Crippen MR) is 59.1 cm³/mol. The molecule has 0 spiro atoms. The van der Waals surface area contributed by atoms with Crippen molar-refractivity contribution in [1.82, 2.24) is 10.3 Å². The van der Waals surface area contributed by atoms with E-state index >= 15 is 0 Å². The summed E-state index contributed by atoms with van der Waals surface area (Å²) < 4.78 is 5.19. The molecule has 17 heavy (non-hydrogen) atoms. The molecule has 1 unspecified atom stereocenters. The van der Waals surface area contributed by atoms with Gasteiger partial charge in [0.05, 0.1) is 18.9 Å². The van der Waals surface area contributed by atoms with Crippen LogP contribution < -0.4 is 5.32 Å². The van der Waals surface area contributed by atoms with Crippen LogP contribution in [0.5, 0.6) is 0 Å². The van der Waals surface area contributed by atoms with E-state index in [1.807, 2.05) is 6.07 Å². The summed E-state index contributed by atoms with van der Waals surface area (Å²) in [6.07, 6.45) is 1.63. The Morgan fingerprint density at radius 2 is 2.29 bits per heavy atom. The van der Waals surface area contributed by atoms with Crippen molar-refractivity contribution < 1.29 is 19.4 Å². The van der Waals surface area contributed by atoms with Crippen LogP contribution >= 0.6 is 0 Å². The minimum absolute atomic E-state index is 0.0918. The van der Waals surface area contributed by atoms with Crippen LogP contribution in [0.2, 0.25) is 0 Å². The van der Waals surface area contributed by atoms with Gasteiger partial charge in [-0.15, -0.1) is 0 Å². The zero-order chi connectivity index (χ0) is 12.7. The van der Waals surface area contributed by atoms with Gasteiger partial charge in [-0.2, -0.15) is 0 Å². The molecule has 6 nitrogen and oxygen atoms in total. The molecule has 0 aliphatic carbocycles. The Balaban J connectivity index is 2.37. The molecule has 1 aromatic rings. The van der Waals surface area contributed by atoms with Crippen LogP contribution in [0, 0.1) is 0 Å². The standard InChI is InChI=1S/C11H14N2O4/c1-8(14)13-10(11(15)16)7-17-6-9-4-2-3-5-12-9/h2-5,10H,6-7H2,1H3,(H,13,14)(H,15,16). The monoisotopic (exact) mass is 238 g/mol. The third kappa shape index (κ3) is 5.07. The molecular weight excluding hydrogens is 224 g/mol. The Morgan fingerprint density at radius 1 is 1.53 bits per heavy atom. The van der Waals surface area contributed by atoms with Crippen LogP contribution in [0.15, 0.2) is 24.4 Å². The Hall–Kier alpha value is -1.95. The van der Waals surface area contributed by atoms with Crippen molar-refractivity contribution in [2.24, 2.45) is 0 Å². The number of aliphatic carboxylic acids is 1. The highest BCUT2D eigenvalue weighted by Gasteiger charge is 2.18. The van der Waals surface area contributed by atoms with Crippen LogP contribution in [0.1, 0.15) is 12.6 Å². The van der Waals surface area contributed by atoms with Crippen molar-refractivity contribution >= 4 is 11.9 Å². The summed E-state index contributed by atoms with van der Waals surface area (Å²) in [4.78, 5) is 25.5. The number of carboxylic acid groups (broad SMARTS) is 1. The van der Waals surface area contributed by atoms with Gasteiger partial charge in [-0.1, -0.05) is 6.07 Å². The van der Waals surface area contributed by atoms with Crippen LogP contribution in [0.25, 0.3) is 0 Å². The molecule has 6 heteroatoms. The lowest BCUT2D eigenvalue weighted by atomic mass is 10.3. The van der Waals surface area contributed by atoms with E-state index in [-0.39, 0.29) is 13.2 Å². The molecule has 0 bridgehead atoms. The number of nitrogens with zero attached hydrogens (tertiary/aromatic N) is 1. The van der Waals surface area contributed by atoms with Crippen molar-refractivity contribution in [1.29, 1.82) is 0 Å². The van der Waals surface area contributed by atoms with Gasteiger partial charge in [0.1, 0.15) is 0 Å². The SMILES string of the molecule is CC(=O)NC(COCc1ccccn1)C(=O)O. The van der Waals surface area contributed by atoms with Gasteiger partial charge in [0, 0.05) is 13.1 Å². The second-order valence-electron chi connectivity index (χ2n) is 3.43. The maximum absolute atomic E-state index is 10.8. The second-order valence-corrected chi connectivity index (χ2v) is 3.43. The zero-order valence-corrected chi connectivity index (χ0v) is 9.42. The van der Waals surface area contributed by atoms with Gasteiger partial charge in [-0.3, -0.25) is 9.78 Å². The predicted octanol–water partition coefficient (Wildman–Crippen LogP) is 0.187. The van der Waals surface area contributed by atoms with E-state index in [1.54, 1.807) is 18.3 Å². The van der Waals surface area contributed by atoms with E-state index in [9.17, 15) is 9.59 Å². The van der Waals surface area contributed by atoms with Crippen molar-refractivity contribution in [3.8, 4) is 0 Å². The summed E-state index contributed by atoms with van der Waals surface area (Å²) in [7, 11) is 0. The summed E-state index contributed by atoms with van der Waals surface area (Å²) >= 11 is 0. The van der Waals surface area contributed by atoms with Gasteiger partial charge in [0.2, 0.25) is 5.91 Å². The molecule has 0 saturated heterocycles. The summed E-state index contributed by atoms with van der Waals surface area (Å²) in [6.45, 7) is 1.38. The number of carbonyl (C=O) groups is 2. The highest BCUT2D eigenvalue weighted by atomic mass is 16.5. The Kier molecular flexibility index (Phi) is 5.09. The summed E-state index contributed by atoms with van der Waals surface area (Å²) in [5, 5.41) is 11.1. The van der Waals surface area contributed by atoms with Crippen molar-refractivity contribution in [2.75, 3.05) is 6.61 Å². The van der Waals surface area contributed by atoms with E-state index in [0.717, 1.165) is 0 Å². The molecule has 1 amide bonds. The quantitative estimate of drug-likeness (QED) is 0.738. The highest BCUT2D eigenvalue weighted by molar-refractivity contribution is 5.82. The molecule has 0 aliphatic heterocycles. The first-order valence-corrected chi connectivity index (χ1v) is 5.07. The largest absolute Gasteiger partial charge is 0.480 e. The van der Waals surface area contributed by atoms with Crippen molar-refractivity contribution in [2.45, 2.75) is 19.6 Å². The number of hydrogen-bond donors (Lipinski definition) is 2. The van der Waals surface area contributed by atoms with E-state index in [0.29, 0.717) is 5.69 Å². The molecule has 0 aliphatic rings. The van der Waals surface area contributed by atoms with E-state index in [4.69, 9.17) is 9.84 Å². The zero-order valence-electron chi connectivity index (χ0n) is 9.42. The van der Waals surface area contributed by atoms with Gasteiger partial charge < -0.3 is 15.2 Å². The number of ether oxygens (including phenoxy) is 1. The average molecular weight is 238 g/mol. The normalized spacial score (nSPS) is 11.8. The topological polar surface area (TPSA) is 88.5 Å². The molecule has 92 valence electrons. The smallest absolute Gasteiger partial charge is 0.328 e. The fourth-order valence-corrected chi connectivity index (χ4v) is 1.18. The first kappa shape index (κ1) is 13.1. The molecule has 1 aromatic heterocycles. The summed E-state index contributed by atoms with van der Waals surface area (Å²) in [6, 6.07) is 4.33. The molecule has 0 aromatic carbocycles. The number of rotatable bonds is 6. The van der Waals surface area contributed by atoms with E-state index < -0.39 is 17.9 Å². The summed E-state index contributed by atoms with van der Waals surface area (Å²) in [5.41, 5.74) is 0.708. The van der Waals surface area contributed by atoms with Gasteiger partial charge in [-0.05, 0) is 12.1 Å². The molecule has 1 heterocycles. The van der Waals surface area contributed by atoms with Crippen LogP contribution in [0.4, 0.5) is 0 Å². The first-order valence-electron chi connectivity index (χ1n) is 5.07. The number of hydrogen-bond acceptors (Lipinski definition) is 4. The average Bonchev–Trinajstić information content (AvgIpc) is 2.28. The lowest BCUT2D eigenvalue weighted by Gasteiger charge is -2.13. The maximum Gasteiger partial charge on any atom is 0.328 e. The van der Waals surface area contributed by atoms with Crippen LogP contribution in [-0.4, -0.2) is 34.6 Å². The molecule has 1 atom stereocenters. The van der Waals surface area contributed by atoms with Crippen LogP contribution in [0.3, 0.4) is 0 Å². The van der Waals surface area contributed by atoms with Crippen molar-refractivity contribution in [3.63, 3.8) is 0 Å². The fourth-order valence-electron chi connectivity index (χ4n) is 1.18. The van der Waals surface area contributed by atoms with Gasteiger partial charge in [0.15, 0.2) is 6.04 Å². The number of pyridine rings is 1. The number of carboxylic acids is 1. The number of nitrogens with one attached hydrogen (secondary N) is 1. The minimum Gasteiger partial charge on any atom is -0.480 e. The lowest BCUT2D eigenvalue weighted by Crippen LogP contribution is -2.42.